The average molecular weight is 382 g/mol. The molecular weight excluding hydrogens is 350 g/mol. The third kappa shape index (κ3) is 3.76. The Bertz CT molecular complexity index is 976. The van der Waals surface area contributed by atoms with E-state index in [4.69, 9.17) is 19.4 Å². The van der Waals surface area contributed by atoms with Crippen molar-refractivity contribution in [1.29, 1.82) is 0 Å². The van der Waals surface area contributed by atoms with Crippen LogP contribution in [0.1, 0.15) is 56.5 Å². The summed E-state index contributed by atoms with van der Waals surface area (Å²) >= 11 is 0. The van der Waals surface area contributed by atoms with E-state index in [9.17, 15) is 0 Å². The highest BCUT2D eigenvalue weighted by atomic mass is 16.5. The van der Waals surface area contributed by atoms with Crippen LogP contribution in [0.15, 0.2) is 24.4 Å². The molecule has 0 saturated carbocycles. The molecule has 0 unspecified atom stereocenters. The van der Waals surface area contributed by atoms with Gasteiger partial charge < -0.3 is 14.0 Å². The summed E-state index contributed by atoms with van der Waals surface area (Å²) in [5, 5.41) is 0. The van der Waals surface area contributed by atoms with Crippen LogP contribution in [-0.2, 0) is 4.74 Å². The molecule has 3 heterocycles. The number of rotatable bonds is 7. The molecule has 0 radical (unpaired) electrons. The van der Waals surface area contributed by atoms with Gasteiger partial charge in [-0.05, 0) is 62.9 Å². The van der Waals surface area contributed by atoms with Gasteiger partial charge in [0.1, 0.15) is 0 Å². The molecule has 3 aromatic heterocycles. The molecule has 0 aliphatic rings. The maximum atomic E-state index is 5.88. The minimum Gasteiger partial charge on any atom is -0.477 e. The zero-order chi connectivity index (χ0) is 20.4. The zero-order valence-electron chi connectivity index (χ0n) is 18.0. The molecule has 0 fully saturated rings. The molecule has 0 amide bonds. The van der Waals surface area contributed by atoms with Gasteiger partial charge in [-0.3, -0.25) is 0 Å². The first kappa shape index (κ1) is 20.3. The van der Waals surface area contributed by atoms with Gasteiger partial charge in [-0.25, -0.2) is 9.97 Å². The van der Waals surface area contributed by atoms with Gasteiger partial charge in [-0.2, -0.15) is 0 Å². The number of hydrogen-bond donors (Lipinski definition) is 0. The van der Waals surface area contributed by atoms with E-state index in [1.807, 2.05) is 6.92 Å². The van der Waals surface area contributed by atoms with Gasteiger partial charge in [0.15, 0.2) is 0 Å². The molecular formula is C23H31N3O2. The molecule has 5 nitrogen and oxygen atoms in total. The Balaban J connectivity index is 2.17. The van der Waals surface area contributed by atoms with Crippen LogP contribution in [0.3, 0.4) is 0 Å². The van der Waals surface area contributed by atoms with Crippen LogP contribution in [-0.4, -0.2) is 34.9 Å². The van der Waals surface area contributed by atoms with Crippen molar-refractivity contribution in [3.63, 3.8) is 0 Å². The number of pyridine rings is 2. The Hall–Kier alpha value is -2.40. The molecule has 0 spiro atoms. The van der Waals surface area contributed by atoms with Gasteiger partial charge in [0.05, 0.1) is 41.5 Å². The summed E-state index contributed by atoms with van der Waals surface area (Å²) < 4.78 is 13.5. The summed E-state index contributed by atoms with van der Waals surface area (Å²) in [5.41, 5.74) is 7.32. The normalized spacial score (nSPS) is 12.7. The Morgan fingerprint density at radius 1 is 1.07 bits per heavy atom. The van der Waals surface area contributed by atoms with Crippen molar-refractivity contribution in [2.45, 2.75) is 53.5 Å². The van der Waals surface area contributed by atoms with Gasteiger partial charge in [0, 0.05) is 19.0 Å². The SMILES string of the molecule is CCOc1nc(C(C)C)ccc1-c1nc2c(C)cn([C@@H](C)COC)c2cc1C. The van der Waals surface area contributed by atoms with Crippen LogP contribution in [0, 0.1) is 13.8 Å². The predicted octanol–water partition coefficient (Wildman–Crippen LogP) is 5.44. The van der Waals surface area contributed by atoms with Crippen molar-refractivity contribution < 1.29 is 9.47 Å². The highest BCUT2D eigenvalue weighted by Gasteiger charge is 2.18. The second kappa shape index (κ2) is 8.31. The van der Waals surface area contributed by atoms with Gasteiger partial charge in [0.2, 0.25) is 5.88 Å². The van der Waals surface area contributed by atoms with E-state index in [-0.39, 0.29) is 6.04 Å². The second-order valence-electron chi connectivity index (χ2n) is 7.72. The minimum atomic E-state index is 0.249. The van der Waals surface area contributed by atoms with Crippen molar-refractivity contribution in [2.24, 2.45) is 0 Å². The van der Waals surface area contributed by atoms with E-state index >= 15 is 0 Å². The molecule has 150 valence electrons. The monoisotopic (exact) mass is 381 g/mol. The zero-order valence-corrected chi connectivity index (χ0v) is 18.0. The third-order valence-corrected chi connectivity index (χ3v) is 5.07. The van der Waals surface area contributed by atoms with E-state index in [2.05, 4.69) is 63.6 Å². The number of fused-ring (bicyclic) bond motifs is 1. The minimum absolute atomic E-state index is 0.249. The fourth-order valence-electron chi connectivity index (χ4n) is 3.59. The highest BCUT2D eigenvalue weighted by Crippen LogP contribution is 2.34. The molecule has 3 aromatic rings. The lowest BCUT2D eigenvalue weighted by atomic mass is 10.0. The van der Waals surface area contributed by atoms with Gasteiger partial charge in [0.25, 0.3) is 0 Å². The molecule has 3 rings (SSSR count). The van der Waals surface area contributed by atoms with E-state index in [0.29, 0.717) is 25.0 Å². The Morgan fingerprint density at radius 3 is 2.46 bits per heavy atom. The second-order valence-corrected chi connectivity index (χ2v) is 7.72. The van der Waals surface area contributed by atoms with Crippen LogP contribution in [0.5, 0.6) is 5.88 Å². The van der Waals surface area contributed by atoms with E-state index in [1.54, 1.807) is 7.11 Å². The fraction of sp³-hybridized carbons (Fsp3) is 0.478. The molecule has 5 heteroatoms. The topological polar surface area (TPSA) is 49.2 Å². The molecule has 0 aliphatic heterocycles. The third-order valence-electron chi connectivity index (χ3n) is 5.07. The fourth-order valence-corrected chi connectivity index (χ4v) is 3.59. The molecule has 28 heavy (non-hydrogen) atoms. The van der Waals surface area contributed by atoms with Crippen LogP contribution in [0.2, 0.25) is 0 Å². The summed E-state index contributed by atoms with van der Waals surface area (Å²) in [4.78, 5) is 9.80. The predicted molar refractivity (Wildman–Crippen MR) is 114 cm³/mol. The number of aromatic nitrogens is 3. The molecule has 0 aliphatic carbocycles. The van der Waals surface area contributed by atoms with E-state index < -0.39 is 0 Å². The van der Waals surface area contributed by atoms with Crippen LogP contribution in [0.4, 0.5) is 0 Å². The van der Waals surface area contributed by atoms with E-state index in [1.165, 1.54) is 0 Å². The Kier molecular flexibility index (Phi) is 6.04. The Morgan fingerprint density at radius 2 is 1.82 bits per heavy atom. The average Bonchev–Trinajstić information content (AvgIpc) is 2.97. The quantitative estimate of drug-likeness (QED) is 0.546. The van der Waals surface area contributed by atoms with Gasteiger partial charge in [-0.15, -0.1) is 0 Å². The summed E-state index contributed by atoms with van der Waals surface area (Å²) in [6.45, 7) is 13.9. The molecule has 1 atom stereocenters. The number of ether oxygens (including phenoxy) is 2. The Labute approximate surface area is 167 Å². The maximum Gasteiger partial charge on any atom is 0.223 e. The number of methoxy groups -OCH3 is 1. The summed E-state index contributed by atoms with van der Waals surface area (Å²) in [6, 6.07) is 6.63. The highest BCUT2D eigenvalue weighted by molar-refractivity contribution is 5.85. The first-order chi connectivity index (χ1) is 13.4. The lowest BCUT2D eigenvalue weighted by Gasteiger charge is -2.16. The molecule has 0 N–H and O–H groups in total. The summed E-state index contributed by atoms with van der Waals surface area (Å²) in [5.74, 6) is 1.01. The summed E-state index contributed by atoms with van der Waals surface area (Å²) in [6.07, 6.45) is 2.16. The van der Waals surface area contributed by atoms with Crippen molar-refractivity contribution in [1.82, 2.24) is 14.5 Å². The number of nitrogens with zero attached hydrogens (tertiary/aromatic N) is 3. The van der Waals surface area contributed by atoms with Crippen LogP contribution in [0.25, 0.3) is 22.3 Å². The maximum absolute atomic E-state index is 5.88. The smallest absolute Gasteiger partial charge is 0.223 e. The van der Waals surface area contributed by atoms with Crippen molar-refractivity contribution in [3.8, 4) is 17.1 Å². The largest absolute Gasteiger partial charge is 0.477 e. The van der Waals surface area contributed by atoms with Crippen LogP contribution < -0.4 is 4.74 Å². The van der Waals surface area contributed by atoms with Gasteiger partial charge >= 0.3 is 0 Å². The first-order valence-corrected chi connectivity index (χ1v) is 9.99. The number of aryl methyl sites for hydroxylation is 2. The van der Waals surface area contributed by atoms with Gasteiger partial charge in [-0.1, -0.05) is 13.8 Å². The van der Waals surface area contributed by atoms with Crippen LogP contribution >= 0.6 is 0 Å². The molecule has 0 aromatic carbocycles. The molecule has 0 saturated heterocycles. The lowest BCUT2D eigenvalue weighted by Crippen LogP contribution is -2.10. The first-order valence-electron chi connectivity index (χ1n) is 9.99. The van der Waals surface area contributed by atoms with Crippen molar-refractivity contribution in [3.05, 3.63) is 41.2 Å². The van der Waals surface area contributed by atoms with E-state index in [0.717, 1.165) is 39.1 Å². The molecule has 0 bridgehead atoms. The summed E-state index contributed by atoms with van der Waals surface area (Å²) in [7, 11) is 1.74. The standard InChI is InChI=1S/C23H31N3O2/c1-8-28-23-18(9-10-19(24-23)14(2)3)21-15(4)11-20-22(25-21)16(5)12-26(20)17(6)13-27-7/h9-12,14,17H,8,13H2,1-7H3/t17-/m0/s1. The lowest BCUT2D eigenvalue weighted by molar-refractivity contribution is 0.164. The van der Waals surface area contributed by atoms with Crippen molar-refractivity contribution >= 4 is 11.0 Å². The number of hydrogen-bond acceptors (Lipinski definition) is 4. The van der Waals surface area contributed by atoms with Crippen molar-refractivity contribution in [2.75, 3.05) is 20.3 Å².